The molecule has 0 bridgehead atoms. The van der Waals surface area contributed by atoms with Crippen LogP contribution in [0.3, 0.4) is 0 Å². The highest BCUT2D eigenvalue weighted by atomic mass is 16.5. The van der Waals surface area contributed by atoms with Gasteiger partial charge in [0.25, 0.3) is 0 Å². The molecule has 4 rings (SSSR count). The van der Waals surface area contributed by atoms with Crippen LogP contribution in [0.25, 0.3) is 5.82 Å². The summed E-state index contributed by atoms with van der Waals surface area (Å²) in [6.45, 7) is 2.11. The van der Waals surface area contributed by atoms with Gasteiger partial charge in [-0.1, -0.05) is 12.1 Å². The molecule has 0 aliphatic carbocycles. The summed E-state index contributed by atoms with van der Waals surface area (Å²) in [6.07, 6.45) is 5.63. The molecule has 1 amide bonds. The summed E-state index contributed by atoms with van der Waals surface area (Å²) in [5, 5.41) is 15.7. The number of piperidine rings is 1. The zero-order valence-electron chi connectivity index (χ0n) is 16.9. The second-order valence-corrected chi connectivity index (χ2v) is 7.27. The van der Waals surface area contributed by atoms with E-state index in [1.807, 2.05) is 36.4 Å². The van der Waals surface area contributed by atoms with E-state index < -0.39 is 0 Å². The second-order valence-electron chi connectivity index (χ2n) is 7.27. The van der Waals surface area contributed by atoms with Crippen molar-refractivity contribution in [3.63, 3.8) is 0 Å². The van der Waals surface area contributed by atoms with Crippen LogP contribution in [-0.2, 0) is 11.2 Å². The lowest BCUT2D eigenvalue weighted by atomic mass is 9.97. The molecular weight excluding hydrogens is 382 g/mol. The average Bonchev–Trinajstić information content (AvgIpc) is 3.34. The minimum Gasteiger partial charge on any atom is -0.497 e. The number of aromatic nitrogens is 5. The van der Waals surface area contributed by atoms with Gasteiger partial charge in [-0.05, 0) is 49.1 Å². The molecule has 3 heterocycles. The number of hydrogen-bond donors (Lipinski definition) is 1. The molecule has 9 nitrogen and oxygen atoms in total. The Morgan fingerprint density at radius 1 is 1.23 bits per heavy atom. The molecule has 1 aliphatic rings. The fourth-order valence-corrected chi connectivity index (χ4v) is 3.64. The number of amides is 1. The van der Waals surface area contributed by atoms with Crippen LogP contribution in [0, 0.1) is 5.92 Å². The number of hydrogen-bond acceptors (Lipinski definition) is 7. The third kappa shape index (κ3) is 4.73. The third-order valence-corrected chi connectivity index (χ3v) is 5.25. The first-order valence-electron chi connectivity index (χ1n) is 10.1. The van der Waals surface area contributed by atoms with E-state index in [4.69, 9.17) is 4.74 Å². The van der Waals surface area contributed by atoms with Gasteiger partial charge in [-0.3, -0.25) is 4.79 Å². The van der Waals surface area contributed by atoms with E-state index in [9.17, 15) is 4.79 Å². The second kappa shape index (κ2) is 9.34. The molecule has 156 valence electrons. The van der Waals surface area contributed by atoms with E-state index in [0.29, 0.717) is 18.9 Å². The molecule has 2 aromatic heterocycles. The van der Waals surface area contributed by atoms with Crippen molar-refractivity contribution >= 4 is 11.7 Å². The zero-order valence-corrected chi connectivity index (χ0v) is 16.9. The maximum Gasteiger partial charge on any atom is 0.224 e. The number of methoxy groups -OCH3 is 1. The van der Waals surface area contributed by atoms with Crippen molar-refractivity contribution in [1.82, 2.24) is 30.3 Å². The van der Waals surface area contributed by atoms with Crippen LogP contribution < -0.4 is 15.0 Å². The van der Waals surface area contributed by atoms with Crippen LogP contribution in [-0.4, -0.2) is 57.6 Å². The Balaban J connectivity index is 1.30. The quantitative estimate of drug-likeness (QED) is 0.636. The minimum absolute atomic E-state index is 0.0548. The van der Waals surface area contributed by atoms with E-state index >= 15 is 0 Å². The lowest BCUT2D eigenvalue weighted by molar-refractivity contribution is -0.125. The van der Waals surface area contributed by atoms with Crippen LogP contribution in [0.15, 0.2) is 49.1 Å². The van der Waals surface area contributed by atoms with E-state index in [-0.39, 0.29) is 11.8 Å². The molecule has 9 heteroatoms. The molecule has 1 aliphatic heterocycles. The van der Waals surface area contributed by atoms with Crippen molar-refractivity contribution in [2.75, 3.05) is 31.6 Å². The predicted octanol–water partition coefficient (Wildman–Crippen LogP) is 1.64. The maximum atomic E-state index is 12.7. The van der Waals surface area contributed by atoms with E-state index in [2.05, 4.69) is 30.5 Å². The van der Waals surface area contributed by atoms with E-state index in [1.54, 1.807) is 18.1 Å². The number of ether oxygens (including phenoxy) is 1. The molecule has 1 aromatic carbocycles. The maximum absolute atomic E-state index is 12.7. The smallest absolute Gasteiger partial charge is 0.224 e. The summed E-state index contributed by atoms with van der Waals surface area (Å²) in [7, 11) is 1.65. The Kier molecular flexibility index (Phi) is 6.17. The first-order chi connectivity index (χ1) is 14.7. The van der Waals surface area contributed by atoms with Crippen LogP contribution in [0.2, 0.25) is 0 Å². The predicted molar refractivity (Wildman–Crippen MR) is 112 cm³/mol. The monoisotopic (exact) mass is 407 g/mol. The molecule has 0 spiro atoms. The fraction of sp³-hybridized carbons (Fsp3) is 0.381. The van der Waals surface area contributed by atoms with E-state index in [1.165, 1.54) is 6.33 Å². The molecule has 1 N–H and O–H groups in total. The number of anilines is 1. The molecule has 3 aromatic rings. The molecular formula is C21H25N7O2. The summed E-state index contributed by atoms with van der Waals surface area (Å²) in [5.41, 5.74) is 1.14. The summed E-state index contributed by atoms with van der Waals surface area (Å²) in [4.78, 5) is 18.7. The summed E-state index contributed by atoms with van der Waals surface area (Å²) < 4.78 is 6.81. The lowest BCUT2D eigenvalue weighted by Gasteiger charge is -2.32. The molecule has 30 heavy (non-hydrogen) atoms. The van der Waals surface area contributed by atoms with Crippen LogP contribution in [0.5, 0.6) is 5.75 Å². The van der Waals surface area contributed by atoms with Gasteiger partial charge >= 0.3 is 0 Å². The van der Waals surface area contributed by atoms with Gasteiger partial charge in [-0.2, -0.15) is 5.10 Å². The van der Waals surface area contributed by atoms with Crippen LogP contribution in [0.4, 0.5) is 5.82 Å². The molecule has 1 saturated heterocycles. The van der Waals surface area contributed by atoms with Crippen molar-refractivity contribution in [3.05, 3.63) is 54.6 Å². The van der Waals surface area contributed by atoms with Crippen LogP contribution >= 0.6 is 0 Å². The van der Waals surface area contributed by atoms with Gasteiger partial charge in [0.1, 0.15) is 18.4 Å². The fourth-order valence-electron chi connectivity index (χ4n) is 3.64. The summed E-state index contributed by atoms with van der Waals surface area (Å²) >= 11 is 0. The van der Waals surface area contributed by atoms with Gasteiger partial charge in [0.15, 0.2) is 11.6 Å². The number of carbonyl (C=O) groups is 1. The highest BCUT2D eigenvalue weighted by Crippen LogP contribution is 2.22. The highest BCUT2D eigenvalue weighted by molar-refractivity contribution is 5.79. The Morgan fingerprint density at radius 3 is 2.87 bits per heavy atom. The minimum atomic E-state index is -0.0548. The number of carbonyl (C=O) groups excluding carboxylic acids is 1. The summed E-state index contributed by atoms with van der Waals surface area (Å²) in [6, 6.07) is 11.7. The number of nitrogens with zero attached hydrogens (tertiary/aromatic N) is 6. The third-order valence-electron chi connectivity index (χ3n) is 5.25. The number of nitrogens with one attached hydrogen (secondary N) is 1. The van der Waals surface area contributed by atoms with Gasteiger partial charge in [0.2, 0.25) is 5.91 Å². The topological polar surface area (TPSA) is 98.1 Å². The molecule has 1 atom stereocenters. The summed E-state index contributed by atoms with van der Waals surface area (Å²) in [5.74, 6) is 2.25. The van der Waals surface area contributed by atoms with Gasteiger partial charge in [-0.15, -0.1) is 10.2 Å². The van der Waals surface area contributed by atoms with Crippen molar-refractivity contribution < 1.29 is 9.53 Å². The van der Waals surface area contributed by atoms with E-state index in [0.717, 1.165) is 42.9 Å². The molecule has 0 saturated carbocycles. The molecule has 1 fully saturated rings. The van der Waals surface area contributed by atoms with Gasteiger partial charge in [0, 0.05) is 19.6 Å². The van der Waals surface area contributed by atoms with Crippen molar-refractivity contribution in [3.8, 4) is 11.6 Å². The Labute approximate surface area is 175 Å². The van der Waals surface area contributed by atoms with Crippen molar-refractivity contribution in [2.24, 2.45) is 5.92 Å². The Hall–Kier alpha value is -3.49. The molecule has 1 unspecified atom stereocenters. The lowest BCUT2D eigenvalue weighted by Crippen LogP contribution is -2.43. The molecule has 0 radical (unpaired) electrons. The van der Waals surface area contributed by atoms with Gasteiger partial charge in [-0.25, -0.2) is 9.67 Å². The normalized spacial score (nSPS) is 16.3. The average molecular weight is 407 g/mol. The standard InChI is InChI=1S/C21H25N7O2/c1-30-18-6-2-4-16(12-18)9-10-23-21(29)17-5-3-11-27(13-17)19-7-8-20(26-25-19)28-15-22-14-24-28/h2,4,6-8,12,14-15,17H,3,5,9-11,13H2,1H3,(H,23,29). The first kappa shape index (κ1) is 19.8. The SMILES string of the molecule is COc1cccc(CCNC(=O)C2CCCN(c3ccc(-n4cncn4)nn3)C2)c1. The number of rotatable bonds is 7. The Morgan fingerprint density at radius 2 is 2.10 bits per heavy atom. The van der Waals surface area contributed by atoms with Crippen molar-refractivity contribution in [2.45, 2.75) is 19.3 Å². The van der Waals surface area contributed by atoms with Gasteiger partial charge < -0.3 is 15.0 Å². The first-order valence-corrected chi connectivity index (χ1v) is 10.1. The number of benzene rings is 1. The highest BCUT2D eigenvalue weighted by Gasteiger charge is 2.26. The van der Waals surface area contributed by atoms with Crippen molar-refractivity contribution in [1.29, 1.82) is 0 Å². The van der Waals surface area contributed by atoms with Crippen LogP contribution in [0.1, 0.15) is 18.4 Å². The Bertz CT molecular complexity index is 960. The largest absolute Gasteiger partial charge is 0.497 e. The van der Waals surface area contributed by atoms with Gasteiger partial charge in [0.05, 0.1) is 13.0 Å². The zero-order chi connectivity index (χ0) is 20.8.